The SMILES string of the molecule is CCc1cccc(CC)c1-n1nc2c(c1-c1c(F)cc(C[C@](CCCNC(=O)OC(C)(C)C)(NC(=O)OC(C)(C)C)C(=O)O)c3[nH]ccc13)CN(c1ncc(C(F)(F)F)cn1)CC2. The molecule has 0 saturated heterocycles. The van der Waals surface area contributed by atoms with Gasteiger partial charge < -0.3 is 35.1 Å². The molecular weight excluding hydrogens is 825 g/mol. The highest BCUT2D eigenvalue weighted by atomic mass is 19.4. The fourth-order valence-corrected chi connectivity index (χ4v) is 7.88. The summed E-state index contributed by atoms with van der Waals surface area (Å²) in [5.41, 5.74) is 0.432. The number of aliphatic carboxylic acids is 1. The maximum absolute atomic E-state index is 17.5. The minimum Gasteiger partial charge on any atom is -0.479 e. The molecule has 0 unspecified atom stereocenters. The quantitative estimate of drug-likeness (QED) is 0.0660. The Hall–Kier alpha value is -6.20. The Balaban J connectivity index is 1.48. The topological polar surface area (TPSA) is 177 Å². The van der Waals surface area contributed by atoms with Crippen molar-refractivity contribution in [3.05, 3.63) is 88.3 Å². The van der Waals surface area contributed by atoms with Gasteiger partial charge in [0.25, 0.3) is 0 Å². The minimum atomic E-state index is -4.62. The van der Waals surface area contributed by atoms with Gasteiger partial charge >= 0.3 is 24.3 Å². The predicted molar refractivity (Wildman–Crippen MR) is 228 cm³/mol. The number of para-hydroxylation sites is 1. The van der Waals surface area contributed by atoms with Crippen LogP contribution in [-0.4, -0.2) is 77.8 Å². The van der Waals surface area contributed by atoms with Gasteiger partial charge in [0, 0.05) is 73.1 Å². The molecule has 0 radical (unpaired) electrons. The Morgan fingerprint density at radius 3 is 2.14 bits per heavy atom. The highest BCUT2D eigenvalue weighted by molar-refractivity contribution is 5.98. The van der Waals surface area contributed by atoms with Gasteiger partial charge in [-0.2, -0.15) is 18.3 Å². The van der Waals surface area contributed by atoms with E-state index >= 15 is 4.39 Å². The van der Waals surface area contributed by atoms with E-state index in [1.807, 2.05) is 32.0 Å². The number of aromatic amines is 1. The fraction of sp³-hybridized carbons (Fsp3) is 0.467. The second-order valence-electron chi connectivity index (χ2n) is 17.6. The van der Waals surface area contributed by atoms with Gasteiger partial charge in [-0.05, 0) is 96.0 Å². The summed E-state index contributed by atoms with van der Waals surface area (Å²) in [6.45, 7) is 14.5. The molecule has 4 N–H and O–H groups in total. The molecule has 2 amide bonds. The molecule has 18 heteroatoms. The molecule has 14 nitrogen and oxygen atoms in total. The number of benzene rings is 2. The van der Waals surface area contributed by atoms with Crippen molar-refractivity contribution < 1.29 is 46.5 Å². The lowest BCUT2D eigenvalue weighted by Crippen LogP contribution is -2.57. The van der Waals surface area contributed by atoms with Gasteiger partial charge in [0.2, 0.25) is 5.95 Å². The Morgan fingerprint density at radius 1 is 0.921 bits per heavy atom. The van der Waals surface area contributed by atoms with Crippen LogP contribution in [-0.2, 0) is 52.7 Å². The summed E-state index contributed by atoms with van der Waals surface area (Å²) in [5.74, 6) is -2.04. The summed E-state index contributed by atoms with van der Waals surface area (Å²) in [5, 5.41) is 21.6. The first-order chi connectivity index (χ1) is 29.5. The van der Waals surface area contributed by atoms with Crippen LogP contribution in [0.5, 0.6) is 0 Å². The molecule has 1 atom stereocenters. The number of aromatic nitrogens is 5. The Labute approximate surface area is 362 Å². The first kappa shape index (κ1) is 46.3. The summed E-state index contributed by atoms with van der Waals surface area (Å²) in [6.07, 6.45) is -2.11. The van der Waals surface area contributed by atoms with Crippen molar-refractivity contribution in [2.24, 2.45) is 0 Å². The molecule has 338 valence electrons. The van der Waals surface area contributed by atoms with Crippen LogP contribution in [0.2, 0.25) is 0 Å². The predicted octanol–water partition coefficient (Wildman–Crippen LogP) is 8.85. The monoisotopic (exact) mass is 878 g/mol. The normalized spacial score (nSPS) is 14.3. The average Bonchev–Trinajstić information content (AvgIpc) is 3.83. The number of hydrogen-bond acceptors (Lipinski definition) is 9. The number of H-pyrrole nitrogens is 1. The zero-order valence-electron chi connectivity index (χ0n) is 36.7. The number of fused-ring (bicyclic) bond motifs is 2. The molecule has 6 rings (SSSR count). The van der Waals surface area contributed by atoms with Crippen molar-refractivity contribution in [2.45, 2.75) is 123 Å². The number of carbonyl (C=O) groups excluding carboxylic acids is 2. The first-order valence-corrected chi connectivity index (χ1v) is 20.9. The number of carbonyl (C=O) groups is 3. The number of nitrogens with zero attached hydrogens (tertiary/aromatic N) is 5. The van der Waals surface area contributed by atoms with Crippen LogP contribution in [0.4, 0.5) is 33.1 Å². The van der Waals surface area contributed by atoms with Crippen molar-refractivity contribution in [3.8, 4) is 16.9 Å². The van der Waals surface area contributed by atoms with E-state index in [1.54, 1.807) is 63.4 Å². The third kappa shape index (κ3) is 10.4. The molecule has 2 aromatic carbocycles. The van der Waals surface area contributed by atoms with E-state index in [9.17, 15) is 32.7 Å². The van der Waals surface area contributed by atoms with E-state index in [4.69, 9.17) is 14.6 Å². The first-order valence-electron chi connectivity index (χ1n) is 20.9. The van der Waals surface area contributed by atoms with Gasteiger partial charge in [0.15, 0.2) is 0 Å². The Bertz CT molecular complexity index is 2460. The number of nitrogens with one attached hydrogen (secondary N) is 3. The van der Waals surface area contributed by atoms with Crippen molar-refractivity contribution in [2.75, 3.05) is 18.0 Å². The molecule has 4 heterocycles. The van der Waals surface area contributed by atoms with E-state index in [0.29, 0.717) is 53.7 Å². The van der Waals surface area contributed by atoms with Gasteiger partial charge in [-0.25, -0.2) is 33.4 Å². The number of ether oxygens (including phenoxy) is 2. The van der Waals surface area contributed by atoms with Crippen LogP contribution < -0.4 is 15.5 Å². The van der Waals surface area contributed by atoms with E-state index in [-0.39, 0.29) is 43.0 Å². The minimum absolute atomic E-state index is 0.00770. The Kier molecular flexibility index (Phi) is 13.1. The molecular formula is C45H54F4N8O6. The number of alkyl carbamates (subject to hydrolysis) is 2. The number of carboxylic acids is 1. The Morgan fingerprint density at radius 2 is 1.56 bits per heavy atom. The van der Waals surface area contributed by atoms with Crippen LogP contribution in [0.3, 0.4) is 0 Å². The lowest BCUT2D eigenvalue weighted by molar-refractivity contribution is -0.145. The molecule has 3 aromatic heterocycles. The van der Waals surface area contributed by atoms with Gasteiger partial charge in [-0.1, -0.05) is 32.0 Å². The summed E-state index contributed by atoms with van der Waals surface area (Å²) >= 11 is 0. The zero-order chi connectivity index (χ0) is 46.1. The van der Waals surface area contributed by atoms with Crippen LogP contribution in [0, 0.1) is 5.82 Å². The van der Waals surface area contributed by atoms with Crippen molar-refractivity contribution in [1.29, 1.82) is 0 Å². The maximum atomic E-state index is 17.5. The summed E-state index contributed by atoms with van der Waals surface area (Å²) in [7, 11) is 0. The number of rotatable bonds is 13. The molecule has 1 aliphatic heterocycles. The summed E-state index contributed by atoms with van der Waals surface area (Å²) in [4.78, 5) is 52.1. The van der Waals surface area contributed by atoms with Crippen molar-refractivity contribution >= 4 is 35.0 Å². The molecule has 0 fully saturated rings. The van der Waals surface area contributed by atoms with Crippen molar-refractivity contribution in [1.82, 2.24) is 35.4 Å². The lowest BCUT2D eigenvalue weighted by atomic mass is 9.84. The largest absolute Gasteiger partial charge is 0.479 e. The van der Waals surface area contributed by atoms with Gasteiger partial charge in [-0.15, -0.1) is 0 Å². The average molecular weight is 879 g/mol. The van der Waals surface area contributed by atoms with E-state index in [0.717, 1.165) is 29.2 Å². The van der Waals surface area contributed by atoms with E-state index in [2.05, 4.69) is 25.6 Å². The lowest BCUT2D eigenvalue weighted by Gasteiger charge is -2.32. The van der Waals surface area contributed by atoms with E-state index in [1.165, 1.54) is 6.07 Å². The van der Waals surface area contributed by atoms with Gasteiger partial charge in [-0.3, -0.25) is 0 Å². The highest BCUT2D eigenvalue weighted by Crippen LogP contribution is 2.42. The number of hydrogen-bond donors (Lipinski definition) is 4. The zero-order valence-corrected chi connectivity index (χ0v) is 36.7. The standard InChI is InChI=1S/C45H54F4N8O6/c1-9-26-13-11-14-27(10-2)36(26)57-37(31-25-56(20-16-33(31)55-57)39-52-23-29(24-53-39)45(47,48)49)34-30-15-19-50-35(30)28(21-32(34)46)22-44(38(58)59,54-41(61)63-43(6,7)8)17-12-18-51-40(60)62-42(3,4)5/h11,13-15,19,21,23-24,50H,9-10,12,16-18,20,22,25H2,1-8H3,(H,51,60)(H,54,61)(H,58,59)/t44-/m0/s1. The fourth-order valence-electron chi connectivity index (χ4n) is 7.88. The molecule has 0 saturated carbocycles. The number of aryl methyl sites for hydroxylation is 2. The van der Waals surface area contributed by atoms with Crippen LogP contribution in [0.25, 0.3) is 27.8 Å². The summed E-state index contributed by atoms with van der Waals surface area (Å²) < 4.78 is 70.3. The third-order valence-corrected chi connectivity index (χ3v) is 10.7. The molecule has 63 heavy (non-hydrogen) atoms. The van der Waals surface area contributed by atoms with Crippen molar-refractivity contribution in [3.63, 3.8) is 0 Å². The van der Waals surface area contributed by atoms with Crippen LogP contribution in [0.1, 0.15) is 102 Å². The van der Waals surface area contributed by atoms with Gasteiger partial charge in [0.1, 0.15) is 22.6 Å². The summed E-state index contributed by atoms with van der Waals surface area (Å²) in [6, 6.07) is 8.86. The molecule has 0 bridgehead atoms. The second kappa shape index (κ2) is 17.9. The molecule has 0 spiro atoms. The third-order valence-electron chi connectivity index (χ3n) is 10.7. The molecule has 5 aromatic rings. The van der Waals surface area contributed by atoms with E-state index < -0.39 is 58.9 Å². The number of carboxylic acid groups (broad SMARTS) is 1. The number of alkyl halides is 3. The maximum Gasteiger partial charge on any atom is 0.419 e. The highest BCUT2D eigenvalue weighted by Gasteiger charge is 2.42. The molecule has 0 aliphatic carbocycles. The number of halogens is 4. The number of anilines is 1. The second-order valence-corrected chi connectivity index (χ2v) is 17.6. The van der Waals surface area contributed by atoms with Crippen LogP contribution >= 0.6 is 0 Å². The smallest absolute Gasteiger partial charge is 0.419 e. The van der Waals surface area contributed by atoms with Gasteiger partial charge in [0.05, 0.1) is 22.6 Å². The van der Waals surface area contributed by atoms with Crippen LogP contribution in [0.15, 0.2) is 48.9 Å². The molecule has 1 aliphatic rings. The number of amides is 2.